The number of rotatable bonds is 4. The highest BCUT2D eigenvalue weighted by Crippen LogP contribution is 2.22. The molecule has 0 bridgehead atoms. The smallest absolute Gasteiger partial charge is 0.292 e. The van der Waals surface area contributed by atoms with Crippen molar-refractivity contribution in [2.75, 3.05) is 26.2 Å². The highest BCUT2D eigenvalue weighted by atomic mass is 32.1. The van der Waals surface area contributed by atoms with Gasteiger partial charge >= 0.3 is 0 Å². The minimum atomic E-state index is -0.199. The van der Waals surface area contributed by atoms with Crippen LogP contribution in [-0.4, -0.2) is 67.7 Å². The molecule has 32 heavy (non-hydrogen) atoms. The Balaban J connectivity index is 1.34. The largest absolute Gasteiger partial charge is 0.351 e. The molecule has 0 N–H and O–H groups in total. The lowest BCUT2D eigenvalue weighted by Crippen LogP contribution is -2.50. The highest BCUT2D eigenvalue weighted by molar-refractivity contribution is 7.09. The second-order valence-electron chi connectivity index (χ2n) is 7.85. The number of aromatic nitrogens is 4. The third-order valence-electron chi connectivity index (χ3n) is 5.55. The first kappa shape index (κ1) is 20.4. The molecule has 4 aromatic rings. The Morgan fingerprint density at radius 1 is 1.06 bits per heavy atom. The van der Waals surface area contributed by atoms with E-state index in [9.17, 15) is 9.59 Å². The minimum Gasteiger partial charge on any atom is -0.351 e. The quantitative estimate of drug-likeness (QED) is 0.474. The minimum absolute atomic E-state index is 0.0706. The number of fused-ring (bicyclic) bond motifs is 1. The van der Waals surface area contributed by atoms with Crippen LogP contribution in [0, 0.1) is 13.8 Å². The summed E-state index contributed by atoms with van der Waals surface area (Å²) in [5.74, 6) is -0.0413. The van der Waals surface area contributed by atoms with Crippen molar-refractivity contribution in [1.82, 2.24) is 29.7 Å². The lowest BCUT2D eigenvalue weighted by atomic mass is 10.1. The van der Waals surface area contributed by atoms with Crippen LogP contribution in [0.1, 0.15) is 37.2 Å². The average Bonchev–Trinajstić information content (AvgIpc) is 3.55. The number of piperazine rings is 1. The molecule has 9 nitrogen and oxygen atoms in total. The zero-order valence-corrected chi connectivity index (χ0v) is 18.6. The summed E-state index contributed by atoms with van der Waals surface area (Å²) >= 11 is 1.66. The van der Waals surface area contributed by atoms with E-state index >= 15 is 0 Å². The predicted octanol–water partition coefficient (Wildman–Crippen LogP) is 2.74. The lowest BCUT2D eigenvalue weighted by molar-refractivity contribution is 0.0513. The first-order valence-electron chi connectivity index (χ1n) is 10.4. The van der Waals surface area contributed by atoms with E-state index in [1.165, 1.54) is 4.88 Å². The van der Waals surface area contributed by atoms with Crippen molar-refractivity contribution in [2.45, 2.75) is 20.4 Å². The van der Waals surface area contributed by atoms with E-state index in [1.54, 1.807) is 40.3 Å². The predicted molar refractivity (Wildman–Crippen MR) is 119 cm³/mol. The summed E-state index contributed by atoms with van der Waals surface area (Å²) in [6.07, 6.45) is 1.72. The van der Waals surface area contributed by atoms with Crippen molar-refractivity contribution in [3.63, 3.8) is 0 Å². The van der Waals surface area contributed by atoms with E-state index in [-0.39, 0.29) is 17.6 Å². The maximum absolute atomic E-state index is 13.4. The number of aryl methyl sites for hydroxylation is 2. The maximum atomic E-state index is 13.4. The number of hydrogen-bond acceptors (Lipinski definition) is 7. The SMILES string of the molecule is Cc1cc(C(=O)N2CCN(C(=O)c3cc(C)nc4c3cnn4Cc3cccs3)CC2)on1. The summed E-state index contributed by atoms with van der Waals surface area (Å²) < 4.78 is 6.92. The van der Waals surface area contributed by atoms with E-state index in [1.807, 2.05) is 29.1 Å². The molecule has 1 aliphatic rings. The molecule has 5 heterocycles. The van der Waals surface area contributed by atoms with Crippen LogP contribution < -0.4 is 0 Å². The molecule has 0 atom stereocenters. The normalized spacial score (nSPS) is 14.3. The van der Waals surface area contributed by atoms with Gasteiger partial charge in [0.2, 0.25) is 5.76 Å². The van der Waals surface area contributed by atoms with Gasteiger partial charge in [-0.2, -0.15) is 5.10 Å². The van der Waals surface area contributed by atoms with Crippen LogP contribution in [0.2, 0.25) is 0 Å². The number of amides is 2. The zero-order valence-electron chi connectivity index (χ0n) is 17.8. The third kappa shape index (κ3) is 3.77. The fourth-order valence-corrected chi connectivity index (χ4v) is 4.60. The van der Waals surface area contributed by atoms with Crippen LogP contribution in [0.4, 0.5) is 0 Å². The number of hydrogen-bond donors (Lipinski definition) is 0. The van der Waals surface area contributed by atoms with Crippen LogP contribution in [-0.2, 0) is 6.54 Å². The molecule has 5 rings (SSSR count). The second kappa shape index (κ2) is 8.19. The fourth-order valence-electron chi connectivity index (χ4n) is 3.92. The Bertz CT molecular complexity index is 1280. The van der Waals surface area contributed by atoms with Gasteiger partial charge in [-0.3, -0.25) is 9.59 Å². The summed E-state index contributed by atoms with van der Waals surface area (Å²) in [4.78, 5) is 35.2. The number of thiophene rings is 1. The Morgan fingerprint density at radius 2 is 1.81 bits per heavy atom. The van der Waals surface area contributed by atoms with Gasteiger partial charge in [0.15, 0.2) is 5.65 Å². The van der Waals surface area contributed by atoms with Gasteiger partial charge in [0.25, 0.3) is 11.8 Å². The Hall–Kier alpha value is -3.53. The lowest BCUT2D eigenvalue weighted by Gasteiger charge is -2.34. The van der Waals surface area contributed by atoms with Crippen LogP contribution >= 0.6 is 11.3 Å². The highest BCUT2D eigenvalue weighted by Gasteiger charge is 2.28. The summed E-state index contributed by atoms with van der Waals surface area (Å²) in [5.41, 5.74) is 2.73. The number of nitrogens with zero attached hydrogens (tertiary/aromatic N) is 6. The van der Waals surface area contributed by atoms with Gasteiger partial charge in [-0.25, -0.2) is 9.67 Å². The molecular weight excluding hydrogens is 428 g/mol. The molecule has 0 saturated carbocycles. The van der Waals surface area contributed by atoms with Gasteiger partial charge in [0.1, 0.15) is 0 Å². The Kier molecular flexibility index (Phi) is 5.22. The molecule has 4 aromatic heterocycles. The summed E-state index contributed by atoms with van der Waals surface area (Å²) in [6, 6.07) is 7.51. The molecule has 0 radical (unpaired) electrons. The van der Waals surface area contributed by atoms with E-state index in [2.05, 4.69) is 21.3 Å². The van der Waals surface area contributed by atoms with E-state index in [0.29, 0.717) is 49.6 Å². The Morgan fingerprint density at radius 3 is 2.47 bits per heavy atom. The first-order chi connectivity index (χ1) is 15.5. The van der Waals surface area contributed by atoms with Gasteiger partial charge in [-0.1, -0.05) is 11.2 Å². The molecule has 0 unspecified atom stereocenters. The van der Waals surface area contributed by atoms with E-state index in [0.717, 1.165) is 11.1 Å². The number of pyridine rings is 1. The fraction of sp³-hybridized carbons (Fsp3) is 0.318. The van der Waals surface area contributed by atoms with E-state index in [4.69, 9.17) is 4.52 Å². The molecule has 1 saturated heterocycles. The number of carbonyl (C=O) groups excluding carboxylic acids is 2. The topological polar surface area (TPSA) is 97.4 Å². The van der Waals surface area contributed by atoms with Crippen LogP contribution in [0.3, 0.4) is 0 Å². The molecule has 0 aromatic carbocycles. The summed E-state index contributed by atoms with van der Waals surface area (Å²) in [7, 11) is 0. The summed E-state index contributed by atoms with van der Waals surface area (Å²) in [6.45, 7) is 6.05. The number of carbonyl (C=O) groups is 2. The molecule has 0 aliphatic carbocycles. The van der Waals surface area contributed by atoms with Crippen molar-refractivity contribution >= 4 is 34.2 Å². The van der Waals surface area contributed by atoms with Crippen LogP contribution in [0.5, 0.6) is 0 Å². The molecule has 2 amide bonds. The van der Waals surface area contributed by atoms with Crippen LogP contribution in [0.25, 0.3) is 11.0 Å². The van der Waals surface area contributed by atoms with Crippen molar-refractivity contribution in [1.29, 1.82) is 0 Å². The van der Waals surface area contributed by atoms with Crippen molar-refractivity contribution < 1.29 is 14.1 Å². The van der Waals surface area contributed by atoms with Gasteiger partial charge in [0.05, 0.1) is 29.4 Å². The van der Waals surface area contributed by atoms with Crippen molar-refractivity contribution in [3.05, 3.63) is 63.4 Å². The monoisotopic (exact) mass is 450 g/mol. The van der Waals surface area contributed by atoms with Gasteiger partial charge in [-0.15, -0.1) is 11.3 Å². The molecule has 10 heteroatoms. The van der Waals surface area contributed by atoms with Gasteiger partial charge in [0, 0.05) is 42.8 Å². The second-order valence-corrected chi connectivity index (χ2v) is 8.88. The molecule has 0 spiro atoms. The Labute approximate surface area is 188 Å². The molecular formula is C22H22N6O3S. The zero-order chi connectivity index (χ0) is 22.2. The first-order valence-corrected chi connectivity index (χ1v) is 11.2. The third-order valence-corrected chi connectivity index (χ3v) is 6.41. The standard InChI is InChI=1S/C22H22N6O3S/c1-14-10-17(18-12-23-28(20(18)24-14)13-16-4-3-9-32-16)21(29)26-5-7-27(8-6-26)22(30)19-11-15(2)25-31-19/h3-4,9-12H,5-8,13H2,1-2H3. The van der Waals surface area contributed by atoms with Gasteiger partial charge < -0.3 is 14.3 Å². The summed E-state index contributed by atoms with van der Waals surface area (Å²) in [5, 5.41) is 11.0. The molecule has 1 aliphatic heterocycles. The maximum Gasteiger partial charge on any atom is 0.292 e. The van der Waals surface area contributed by atoms with Crippen molar-refractivity contribution in [2.24, 2.45) is 0 Å². The van der Waals surface area contributed by atoms with E-state index < -0.39 is 0 Å². The average molecular weight is 451 g/mol. The van der Waals surface area contributed by atoms with Crippen LogP contribution in [0.15, 0.2) is 40.4 Å². The van der Waals surface area contributed by atoms with Gasteiger partial charge in [-0.05, 0) is 31.4 Å². The van der Waals surface area contributed by atoms with Crippen molar-refractivity contribution in [3.8, 4) is 0 Å². The molecule has 164 valence electrons. The molecule has 1 fully saturated rings.